The molecule has 2 N–H and O–H groups in total. The highest BCUT2D eigenvalue weighted by Gasteiger charge is 2.28. The molecule has 1 aliphatic carbocycles. The van der Waals surface area contributed by atoms with E-state index >= 15 is 0 Å². The topological polar surface area (TPSA) is 224 Å². The molecule has 0 aromatic heterocycles. The molecule has 0 saturated heterocycles. The average Bonchev–Trinajstić information content (AvgIpc) is 4.01. The first-order valence-corrected chi connectivity index (χ1v) is 19.9. The van der Waals surface area contributed by atoms with Crippen LogP contribution in [-0.2, 0) is 47.3 Å². The lowest BCUT2D eigenvalue weighted by molar-refractivity contribution is -0.350. The van der Waals surface area contributed by atoms with Crippen LogP contribution in [0.5, 0.6) is 5.75 Å². The fourth-order valence-electron chi connectivity index (χ4n) is 4.40. The van der Waals surface area contributed by atoms with Crippen molar-refractivity contribution >= 4 is 40.3 Å². The number of hydrogen-bond donors (Lipinski definition) is 2. The Kier molecular flexibility index (Phi) is 29.7. The minimum absolute atomic E-state index is 0.0952. The maximum Gasteiger partial charge on any atom is 0.358 e. The maximum absolute atomic E-state index is 11.7. The smallest absolute Gasteiger partial charge is 0.358 e. The van der Waals surface area contributed by atoms with Gasteiger partial charge in [0.25, 0.3) is 25.4 Å². The van der Waals surface area contributed by atoms with Gasteiger partial charge in [0.1, 0.15) is 0 Å². The van der Waals surface area contributed by atoms with Gasteiger partial charge in [-0.2, -0.15) is 30.5 Å². The number of ether oxygens (including phenoxy) is 5. The Morgan fingerprint density at radius 2 is 1.56 bits per heavy atom. The third-order valence-electron chi connectivity index (χ3n) is 7.85. The molecule has 63 heavy (non-hydrogen) atoms. The molecule has 0 bridgehead atoms. The van der Waals surface area contributed by atoms with Gasteiger partial charge in [-0.1, -0.05) is 112 Å². The first-order valence-electron chi connectivity index (χ1n) is 19.2. The van der Waals surface area contributed by atoms with E-state index in [-0.39, 0.29) is 23.1 Å². The molecule has 5 rings (SSSR count). The van der Waals surface area contributed by atoms with E-state index in [0.29, 0.717) is 43.2 Å². The number of rotatable bonds is 15. The standard InChI is InChI=1S/C14H20O3.C10H12O2.C9H9O2.C8H8NO2.C6H9O2.HO3P/c1-9(2)8-17-14(16)7-12-11(4)5-10(3)6-13(12)15;1-8-3-5-9(6-4-8)7-10(11)12-2;1-8-3-2-4-9(5-8)6-11-7-10;1-7-2-3-8(9-4-7)5-11-6-10;1-6(2-3-6)4-8-5-7;1-3-4-2/h5-7,9,15-16H,8H2,1-4H3;3-7,11H,1-2H3;2-7H,1H3;2-6H,1H3;4-5H,2-3H2,1H3;1H/q;;3*-1;/p-2. The Labute approximate surface area is 372 Å². The number of aliphatic hydroxyl groups is 1. The summed E-state index contributed by atoms with van der Waals surface area (Å²) in [6, 6.07) is 18.8. The van der Waals surface area contributed by atoms with E-state index < -0.39 is 8.69 Å². The fourth-order valence-corrected chi connectivity index (χ4v) is 4.40. The van der Waals surface area contributed by atoms with Crippen molar-refractivity contribution in [1.29, 1.82) is 0 Å². The van der Waals surface area contributed by atoms with Gasteiger partial charge in [-0.3, -0.25) is 14.4 Å². The molecule has 0 spiro atoms. The van der Waals surface area contributed by atoms with Crippen molar-refractivity contribution in [3.63, 3.8) is 0 Å². The van der Waals surface area contributed by atoms with Gasteiger partial charge in [-0.15, -0.1) is 33.2 Å². The summed E-state index contributed by atoms with van der Waals surface area (Å²) in [5.74, 6) is -0.291. The molecule has 1 fully saturated rings. The molecule has 3 aromatic carbocycles. The van der Waals surface area contributed by atoms with E-state index in [1.165, 1.54) is 37.7 Å². The van der Waals surface area contributed by atoms with Crippen LogP contribution in [0.3, 0.4) is 0 Å². The summed E-state index contributed by atoms with van der Waals surface area (Å²) in [5.41, 5.74) is 8.28. The van der Waals surface area contributed by atoms with Crippen molar-refractivity contribution in [2.75, 3.05) is 13.7 Å². The summed E-state index contributed by atoms with van der Waals surface area (Å²) in [6.45, 7) is 20.4. The Morgan fingerprint density at radius 3 is 2.05 bits per heavy atom. The fraction of sp³-hybridized carbons (Fsp3) is 0.298. The van der Waals surface area contributed by atoms with Gasteiger partial charge in [-0.25, -0.2) is 9.82 Å². The number of allylic oxidation sites excluding steroid dienone is 3. The predicted molar refractivity (Wildman–Crippen MR) is 236 cm³/mol. The second-order valence-corrected chi connectivity index (χ2v) is 14.6. The van der Waals surface area contributed by atoms with Crippen LogP contribution in [0.2, 0.25) is 0 Å². The zero-order valence-corrected chi connectivity index (χ0v) is 37.9. The van der Waals surface area contributed by atoms with Crippen molar-refractivity contribution < 1.29 is 67.9 Å². The van der Waals surface area contributed by atoms with Crippen LogP contribution >= 0.6 is 8.69 Å². The molecule has 1 aliphatic heterocycles. The van der Waals surface area contributed by atoms with Gasteiger partial charge in [0, 0.05) is 6.08 Å². The lowest BCUT2D eigenvalue weighted by Crippen LogP contribution is -2.04. The number of carbonyl (C=O) groups is 3. The largest absolute Gasteiger partial charge is 0.872 e. The minimum atomic E-state index is -0.696. The molecule has 2 aliphatic rings. The van der Waals surface area contributed by atoms with Crippen LogP contribution in [-0.4, -0.2) is 43.5 Å². The molecule has 16 heteroatoms. The predicted octanol–water partition coefficient (Wildman–Crippen LogP) is 9.54. The summed E-state index contributed by atoms with van der Waals surface area (Å²) in [6.07, 6.45) is 11.8. The van der Waals surface area contributed by atoms with E-state index in [4.69, 9.17) is 14.6 Å². The SMILES string of the molecule is CC1([CH-]OC=O)CC1.CC1=C[N-]C(=COC=O)C=C1.COC([O-])=Cc1ccc(C)cc1.Cc1cc(C)c(C=C(O)OCC(C)C)c([O-])c1.Cc1cccc([CH-]OC=O)c1.O=POO. The van der Waals surface area contributed by atoms with Gasteiger partial charge >= 0.3 is 8.69 Å². The molecule has 0 atom stereocenters. The van der Waals surface area contributed by atoms with E-state index in [1.54, 1.807) is 24.9 Å². The molecular formula is C47H57NO14P-5. The third-order valence-corrected chi connectivity index (χ3v) is 7.92. The van der Waals surface area contributed by atoms with Crippen LogP contribution in [0.25, 0.3) is 17.5 Å². The Balaban J connectivity index is 0.000000759. The zero-order chi connectivity index (χ0) is 47.6. The zero-order valence-electron chi connectivity index (χ0n) is 37.0. The molecule has 3 aromatic rings. The number of methoxy groups -OCH3 is 1. The lowest BCUT2D eigenvalue weighted by atomic mass is 10.0. The van der Waals surface area contributed by atoms with Gasteiger partial charge in [0.2, 0.25) is 0 Å². The summed E-state index contributed by atoms with van der Waals surface area (Å²) < 4.78 is 34.7. The highest BCUT2D eigenvalue weighted by Crippen LogP contribution is 2.47. The third kappa shape index (κ3) is 29.4. The van der Waals surface area contributed by atoms with Crippen LogP contribution in [0.1, 0.15) is 79.5 Å². The Bertz CT molecular complexity index is 1940. The van der Waals surface area contributed by atoms with Crippen LogP contribution in [0.15, 0.2) is 108 Å². The van der Waals surface area contributed by atoms with Gasteiger partial charge < -0.3 is 44.3 Å². The van der Waals surface area contributed by atoms with Crippen molar-refractivity contribution in [3.05, 3.63) is 166 Å². The van der Waals surface area contributed by atoms with E-state index in [9.17, 15) is 29.7 Å². The summed E-state index contributed by atoms with van der Waals surface area (Å²) >= 11 is 0. The van der Waals surface area contributed by atoms with Crippen molar-refractivity contribution in [2.45, 2.75) is 68.2 Å². The molecule has 344 valence electrons. The lowest BCUT2D eigenvalue weighted by Gasteiger charge is -2.21. The molecule has 15 nitrogen and oxygen atoms in total. The quantitative estimate of drug-likeness (QED) is 0.0276. The highest BCUT2D eigenvalue weighted by atomic mass is 31.1. The second-order valence-electron chi connectivity index (χ2n) is 14.3. The summed E-state index contributed by atoms with van der Waals surface area (Å²) in [4.78, 5) is 29.2. The number of carbonyl (C=O) groups excluding carboxylic acids is 3. The Hall–Kier alpha value is -6.54. The maximum atomic E-state index is 11.7. The van der Waals surface area contributed by atoms with Crippen molar-refractivity contribution in [3.8, 4) is 5.75 Å². The number of aryl methyl sites for hydroxylation is 4. The number of aliphatic hydroxyl groups excluding tert-OH is 1. The van der Waals surface area contributed by atoms with Crippen LogP contribution < -0.4 is 10.2 Å². The Morgan fingerprint density at radius 1 is 0.905 bits per heavy atom. The molecule has 0 radical (unpaired) electrons. The van der Waals surface area contributed by atoms with Crippen molar-refractivity contribution in [2.24, 2.45) is 11.3 Å². The van der Waals surface area contributed by atoms with Crippen LogP contribution in [0, 0.1) is 52.2 Å². The first-order chi connectivity index (χ1) is 29.9. The van der Waals surface area contributed by atoms with Crippen molar-refractivity contribution in [1.82, 2.24) is 0 Å². The minimum Gasteiger partial charge on any atom is -0.872 e. The molecular weight excluding hydrogens is 833 g/mol. The second kappa shape index (κ2) is 33.1. The first kappa shape index (κ1) is 56.5. The number of nitrogens with zero attached hydrogens (tertiary/aromatic N) is 1. The monoisotopic (exact) mass is 890 g/mol. The molecule has 1 heterocycles. The normalized spacial score (nSPS) is 13.6. The van der Waals surface area contributed by atoms with Gasteiger partial charge in [0.15, 0.2) is 0 Å². The highest BCUT2D eigenvalue weighted by molar-refractivity contribution is 7.17. The van der Waals surface area contributed by atoms with Gasteiger partial charge in [-0.05, 0) is 70.1 Å². The number of benzene rings is 3. The molecule has 0 unspecified atom stereocenters. The van der Waals surface area contributed by atoms with E-state index in [0.717, 1.165) is 46.2 Å². The van der Waals surface area contributed by atoms with Gasteiger partial charge in [0.05, 0.1) is 18.8 Å². The molecule has 1 saturated carbocycles. The summed E-state index contributed by atoms with van der Waals surface area (Å²) in [5, 5.41) is 43.1. The molecule has 0 amide bonds. The van der Waals surface area contributed by atoms with E-state index in [1.807, 2.05) is 109 Å². The number of hydrogen-bond acceptors (Lipinski definition) is 14. The average molecular weight is 891 g/mol. The van der Waals surface area contributed by atoms with E-state index in [2.05, 4.69) is 35.9 Å². The summed E-state index contributed by atoms with van der Waals surface area (Å²) in [7, 11) is 0.672. The van der Waals surface area contributed by atoms with Crippen LogP contribution in [0.4, 0.5) is 0 Å².